The largest absolute Gasteiger partial charge is 0.461 e. The lowest BCUT2D eigenvalue weighted by molar-refractivity contribution is 0.0122. The first kappa shape index (κ1) is 32.4. The third-order valence-electron chi connectivity index (χ3n) is 10.7. The van der Waals surface area contributed by atoms with Crippen LogP contribution in [0.4, 0.5) is 15.0 Å². The first-order valence-electron chi connectivity index (χ1n) is 17.2. The summed E-state index contributed by atoms with van der Waals surface area (Å²) in [6.45, 7) is 8.93. The molecule has 0 saturated carbocycles. The van der Waals surface area contributed by atoms with Crippen molar-refractivity contribution in [2.45, 2.75) is 82.2 Å². The molecule has 0 spiro atoms. The number of pyridine rings is 1. The molecule has 2 bridgehead atoms. The van der Waals surface area contributed by atoms with Crippen LogP contribution in [0, 0.1) is 5.82 Å². The van der Waals surface area contributed by atoms with Crippen LogP contribution in [-0.2, 0) is 9.47 Å². The van der Waals surface area contributed by atoms with Gasteiger partial charge in [-0.25, -0.2) is 9.18 Å². The Hall–Kier alpha value is -3.80. The van der Waals surface area contributed by atoms with E-state index in [9.17, 15) is 4.79 Å². The number of nitrogens with zero attached hydrogens (tertiary/aromatic N) is 6. The van der Waals surface area contributed by atoms with Crippen LogP contribution in [0.2, 0.25) is 5.02 Å². The molecule has 12 heteroatoms. The number of ether oxygens (including phenoxy) is 3. The van der Waals surface area contributed by atoms with Crippen molar-refractivity contribution in [1.29, 1.82) is 0 Å². The summed E-state index contributed by atoms with van der Waals surface area (Å²) in [5.74, 6) is -0.00800. The minimum absolute atomic E-state index is 0.0618. The number of anilines is 1. The van der Waals surface area contributed by atoms with E-state index in [-0.39, 0.29) is 47.0 Å². The Morgan fingerprint density at radius 1 is 1.08 bits per heavy atom. The average Bonchev–Trinajstić information content (AvgIpc) is 3.71. The highest BCUT2D eigenvalue weighted by Crippen LogP contribution is 2.42. The number of halogens is 2. The topological polar surface area (TPSA) is 93.2 Å². The van der Waals surface area contributed by atoms with E-state index < -0.39 is 11.4 Å². The minimum Gasteiger partial charge on any atom is -0.461 e. The van der Waals surface area contributed by atoms with Gasteiger partial charge >= 0.3 is 12.1 Å². The number of piperazine rings is 1. The highest BCUT2D eigenvalue weighted by atomic mass is 35.5. The number of fused-ring (bicyclic) bond motifs is 5. The molecule has 4 aliphatic rings. The lowest BCUT2D eigenvalue weighted by Crippen LogP contribution is -2.57. The van der Waals surface area contributed by atoms with Gasteiger partial charge in [0.25, 0.3) is 0 Å². The molecule has 0 N–H and O–H groups in total. The Bertz CT molecular complexity index is 1920. The van der Waals surface area contributed by atoms with E-state index in [0.717, 1.165) is 56.0 Å². The van der Waals surface area contributed by atoms with Gasteiger partial charge in [-0.05, 0) is 70.9 Å². The van der Waals surface area contributed by atoms with Crippen LogP contribution in [0.3, 0.4) is 0 Å². The summed E-state index contributed by atoms with van der Waals surface area (Å²) in [6, 6.07) is 11.3. The molecule has 4 atom stereocenters. The number of amides is 1. The van der Waals surface area contributed by atoms with Crippen molar-refractivity contribution in [3.63, 3.8) is 0 Å². The number of methoxy groups -OCH3 is 1. The Labute approximate surface area is 290 Å². The highest BCUT2D eigenvalue weighted by Gasteiger charge is 2.50. The quantitative estimate of drug-likeness (QED) is 0.216. The maximum Gasteiger partial charge on any atom is 0.410 e. The lowest BCUT2D eigenvalue weighted by Gasteiger charge is -2.42. The van der Waals surface area contributed by atoms with Crippen molar-refractivity contribution in [1.82, 2.24) is 24.8 Å². The molecule has 258 valence electrons. The van der Waals surface area contributed by atoms with Gasteiger partial charge in [0.15, 0.2) is 5.82 Å². The molecule has 6 heterocycles. The Morgan fingerprint density at radius 3 is 2.57 bits per heavy atom. The van der Waals surface area contributed by atoms with Crippen LogP contribution in [-0.4, -0.2) is 100 Å². The van der Waals surface area contributed by atoms with Crippen LogP contribution in [0.1, 0.15) is 52.9 Å². The molecule has 4 aromatic rings. The van der Waals surface area contributed by atoms with E-state index in [1.807, 2.05) is 56.0 Å². The van der Waals surface area contributed by atoms with Crippen molar-refractivity contribution < 1.29 is 23.4 Å². The van der Waals surface area contributed by atoms with E-state index in [0.29, 0.717) is 41.5 Å². The monoisotopic (exact) mass is 688 g/mol. The van der Waals surface area contributed by atoms with Gasteiger partial charge in [0.2, 0.25) is 0 Å². The molecule has 2 aromatic heterocycles. The van der Waals surface area contributed by atoms with Crippen LogP contribution < -0.4 is 9.64 Å². The number of benzene rings is 2. The van der Waals surface area contributed by atoms with Crippen molar-refractivity contribution >= 4 is 45.2 Å². The van der Waals surface area contributed by atoms with Gasteiger partial charge in [0.1, 0.15) is 29.2 Å². The van der Waals surface area contributed by atoms with Gasteiger partial charge in [-0.2, -0.15) is 9.97 Å². The Kier molecular flexibility index (Phi) is 8.07. The second-order valence-electron chi connectivity index (χ2n) is 15.0. The third kappa shape index (κ3) is 5.73. The first-order valence-corrected chi connectivity index (χ1v) is 17.6. The second-order valence-corrected chi connectivity index (χ2v) is 15.4. The minimum atomic E-state index is -0.588. The maximum absolute atomic E-state index is 16.9. The molecule has 0 aliphatic carbocycles. The summed E-state index contributed by atoms with van der Waals surface area (Å²) in [5, 5.41) is 2.63. The van der Waals surface area contributed by atoms with E-state index in [1.54, 1.807) is 19.4 Å². The van der Waals surface area contributed by atoms with Crippen molar-refractivity contribution in [2.24, 2.45) is 0 Å². The molecule has 8 rings (SSSR count). The smallest absolute Gasteiger partial charge is 0.410 e. The van der Waals surface area contributed by atoms with Gasteiger partial charge in [-0.1, -0.05) is 41.9 Å². The first-order chi connectivity index (χ1) is 23.5. The van der Waals surface area contributed by atoms with E-state index >= 15 is 4.39 Å². The van der Waals surface area contributed by atoms with E-state index in [4.69, 9.17) is 35.8 Å². The summed E-state index contributed by atoms with van der Waals surface area (Å²) in [6.07, 6.45) is 6.15. The number of rotatable bonds is 6. The molecule has 4 aliphatic heterocycles. The molecule has 4 saturated heterocycles. The zero-order valence-electron chi connectivity index (χ0n) is 28.4. The maximum atomic E-state index is 16.9. The van der Waals surface area contributed by atoms with Gasteiger partial charge in [-0.3, -0.25) is 14.8 Å². The number of aromatic nitrogens is 3. The van der Waals surface area contributed by atoms with E-state index in [1.165, 1.54) is 0 Å². The molecule has 2 unspecified atom stereocenters. The zero-order valence-corrected chi connectivity index (χ0v) is 29.2. The molecule has 4 fully saturated rings. The van der Waals surface area contributed by atoms with Crippen molar-refractivity contribution in [3.05, 3.63) is 53.4 Å². The Morgan fingerprint density at radius 2 is 1.84 bits per heavy atom. The van der Waals surface area contributed by atoms with Crippen molar-refractivity contribution in [3.8, 4) is 17.3 Å². The van der Waals surface area contributed by atoms with Gasteiger partial charge in [-0.15, -0.1) is 0 Å². The van der Waals surface area contributed by atoms with Gasteiger partial charge in [0.05, 0.1) is 29.1 Å². The zero-order chi connectivity index (χ0) is 34.1. The van der Waals surface area contributed by atoms with Crippen LogP contribution in [0.15, 0.2) is 42.6 Å². The van der Waals surface area contributed by atoms with Gasteiger partial charge in [0, 0.05) is 48.9 Å². The summed E-state index contributed by atoms with van der Waals surface area (Å²) in [7, 11) is 1.76. The van der Waals surface area contributed by atoms with Crippen LogP contribution in [0.25, 0.3) is 32.9 Å². The van der Waals surface area contributed by atoms with Gasteiger partial charge < -0.3 is 19.1 Å². The highest BCUT2D eigenvalue weighted by molar-refractivity contribution is 6.36. The normalized spacial score (nSPS) is 25.4. The lowest BCUT2D eigenvalue weighted by atomic mass is 9.94. The molecular weight excluding hydrogens is 647 g/mol. The Balaban J connectivity index is 1.19. The number of carbonyl (C=O) groups is 1. The molecular formula is C37H42ClFN6O4. The SMILES string of the molecule is COC1CN2CCCC2(COc2nc(N3C[C@H]4CC[C@@H](C3)N4C(=O)OC(C)(C)C)c3cnc(-c4cccc5cccc(Cl)c45)c(F)c3n2)C1. The predicted octanol–water partition coefficient (Wildman–Crippen LogP) is 6.86. The fraction of sp³-hybridized carbons (Fsp3) is 0.514. The molecule has 0 radical (unpaired) electrons. The van der Waals surface area contributed by atoms with Crippen LogP contribution in [0.5, 0.6) is 6.01 Å². The summed E-state index contributed by atoms with van der Waals surface area (Å²) in [5.41, 5.74) is 0.133. The molecule has 1 amide bonds. The molecule has 49 heavy (non-hydrogen) atoms. The van der Waals surface area contributed by atoms with Crippen LogP contribution >= 0.6 is 11.6 Å². The average molecular weight is 689 g/mol. The molecule has 2 aromatic carbocycles. The number of carbonyl (C=O) groups excluding carboxylic acids is 1. The fourth-order valence-electron chi connectivity index (χ4n) is 8.52. The predicted molar refractivity (Wildman–Crippen MR) is 187 cm³/mol. The van der Waals surface area contributed by atoms with Crippen molar-refractivity contribution in [2.75, 3.05) is 44.8 Å². The standard InChI is InChI=1S/C37H42ClFN6O4/c1-36(2,3)49-35(46)45-23-12-13-24(45)19-43(18-23)33-27-17-40-31(26-10-5-8-22-9-6-11-28(38)29(22)26)30(39)32(27)41-34(42-33)48-21-37-14-7-15-44(37)20-25(16-37)47-4/h5-6,8-11,17,23-25H,7,12-16,18-21H2,1-4H3/t23-,24+,25?,37?. The van der Waals surface area contributed by atoms with E-state index in [2.05, 4.69) is 14.8 Å². The molecule has 10 nitrogen and oxygen atoms in total. The number of hydrogen-bond acceptors (Lipinski definition) is 9. The third-order valence-corrected chi connectivity index (χ3v) is 11.0. The summed E-state index contributed by atoms with van der Waals surface area (Å²) in [4.78, 5) is 34.0. The fourth-order valence-corrected chi connectivity index (χ4v) is 8.80. The summed E-state index contributed by atoms with van der Waals surface area (Å²) < 4.78 is 34.9. The second kappa shape index (κ2) is 12.2. The number of hydrogen-bond donors (Lipinski definition) is 0. The summed E-state index contributed by atoms with van der Waals surface area (Å²) >= 11 is 6.65.